The second-order valence-electron chi connectivity index (χ2n) is 6.58. The molecule has 0 spiro atoms. The van der Waals surface area contributed by atoms with Crippen LogP contribution in [0.15, 0.2) is 0 Å². The van der Waals surface area contributed by atoms with Gasteiger partial charge in [0, 0.05) is 6.54 Å². The lowest BCUT2D eigenvalue weighted by molar-refractivity contribution is -0.144. The first-order chi connectivity index (χ1) is 9.48. The summed E-state index contributed by atoms with van der Waals surface area (Å²) in [5.74, 6) is 0.185. The molecular formula is C16H32N2O2. The van der Waals surface area contributed by atoms with Crippen molar-refractivity contribution in [2.24, 2.45) is 5.92 Å². The van der Waals surface area contributed by atoms with Crippen LogP contribution < -0.4 is 5.32 Å². The van der Waals surface area contributed by atoms with Gasteiger partial charge < -0.3 is 15.3 Å². The number of aliphatic carboxylic acids is 1. The normalized spacial score (nSPS) is 18.8. The van der Waals surface area contributed by atoms with E-state index in [2.05, 4.69) is 24.2 Å². The highest BCUT2D eigenvalue weighted by atomic mass is 16.4. The number of hydrogen-bond acceptors (Lipinski definition) is 3. The van der Waals surface area contributed by atoms with Gasteiger partial charge in [0.15, 0.2) is 0 Å². The highest BCUT2D eigenvalue weighted by Crippen LogP contribution is 2.26. The van der Waals surface area contributed by atoms with E-state index in [0.717, 1.165) is 38.3 Å². The summed E-state index contributed by atoms with van der Waals surface area (Å²) in [6.07, 6.45) is 7.91. The molecule has 0 radical (unpaired) electrons. The summed E-state index contributed by atoms with van der Waals surface area (Å²) in [5.41, 5.74) is -0.761. The van der Waals surface area contributed by atoms with Gasteiger partial charge in [-0.05, 0) is 71.5 Å². The van der Waals surface area contributed by atoms with Crippen molar-refractivity contribution in [3.63, 3.8) is 0 Å². The minimum Gasteiger partial charge on any atom is -0.480 e. The lowest BCUT2D eigenvalue weighted by atomic mass is 9.85. The second kappa shape index (κ2) is 8.63. The molecule has 1 atom stereocenters. The van der Waals surface area contributed by atoms with Crippen LogP contribution in [0.4, 0.5) is 0 Å². The van der Waals surface area contributed by atoms with Gasteiger partial charge in [-0.2, -0.15) is 0 Å². The zero-order valence-corrected chi connectivity index (χ0v) is 13.5. The van der Waals surface area contributed by atoms with Crippen LogP contribution >= 0.6 is 0 Å². The third kappa shape index (κ3) is 5.80. The second-order valence-corrected chi connectivity index (χ2v) is 6.58. The molecule has 0 aromatic rings. The molecule has 0 aliphatic heterocycles. The number of rotatable bonds is 11. The van der Waals surface area contributed by atoms with Gasteiger partial charge in [0.25, 0.3) is 0 Å². The summed E-state index contributed by atoms with van der Waals surface area (Å²) >= 11 is 0. The fourth-order valence-electron chi connectivity index (χ4n) is 2.74. The topological polar surface area (TPSA) is 52.6 Å². The fourth-order valence-corrected chi connectivity index (χ4v) is 2.74. The predicted molar refractivity (Wildman–Crippen MR) is 83.0 cm³/mol. The maximum absolute atomic E-state index is 11.4. The standard InChI is InChI=1S/C16H32N2O2/c1-4-11-17-16(2,15(19)20)10-5-6-12-18(3)13-14-8-7-9-14/h14,17H,4-13H2,1-3H3,(H,19,20). The van der Waals surface area contributed by atoms with Crippen LogP contribution in [0.3, 0.4) is 0 Å². The molecule has 1 saturated carbocycles. The number of carbonyl (C=O) groups is 1. The van der Waals surface area contributed by atoms with Gasteiger partial charge in [-0.3, -0.25) is 4.79 Å². The highest BCUT2D eigenvalue weighted by molar-refractivity contribution is 5.78. The van der Waals surface area contributed by atoms with E-state index in [1.165, 1.54) is 25.8 Å². The predicted octanol–water partition coefficient (Wildman–Crippen LogP) is 2.73. The molecule has 1 aliphatic rings. The van der Waals surface area contributed by atoms with Crippen molar-refractivity contribution in [1.29, 1.82) is 0 Å². The van der Waals surface area contributed by atoms with Crippen molar-refractivity contribution in [2.75, 3.05) is 26.7 Å². The van der Waals surface area contributed by atoms with Crippen molar-refractivity contribution in [3.05, 3.63) is 0 Å². The van der Waals surface area contributed by atoms with Gasteiger partial charge in [0.05, 0.1) is 0 Å². The number of carboxylic acids is 1. The quantitative estimate of drug-likeness (QED) is 0.573. The van der Waals surface area contributed by atoms with E-state index in [4.69, 9.17) is 0 Å². The first-order valence-corrected chi connectivity index (χ1v) is 8.15. The molecular weight excluding hydrogens is 252 g/mol. The zero-order chi connectivity index (χ0) is 15.0. The molecule has 0 bridgehead atoms. The van der Waals surface area contributed by atoms with Gasteiger partial charge in [-0.25, -0.2) is 0 Å². The first kappa shape index (κ1) is 17.4. The van der Waals surface area contributed by atoms with Crippen LogP contribution in [0.2, 0.25) is 0 Å². The van der Waals surface area contributed by atoms with Gasteiger partial charge in [-0.15, -0.1) is 0 Å². The monoisotopic (exact) mass is 284 g/mol. The third-order valence-corrected chi connectivity index (χ3v) is 4.50. The molecule has 4 heteroatoms. The molecule has 0 heterocycles. The van der Waals surface area contributed by atoms with Gasteiger partial charge in [0.1, 0.15) is 5.54 Å². The Morgan fingerprint density at radius 2 is 2.10 bits per heavy atom. The van der Waals surface area contributed by atoms with Crippen molar-refractivity contribution in [1.82, 2.24) is 10.2 Å². The fraction of sp³-hybridized carbons (Fsp3) is 0.938. The van der Waals surface area contributed by atoms with Crippen molar-refractivity contribution < 1.29 is 9.90 Å². The van der Waals surface area contributed by atoms with E-state index in [9.17, 15) is 9.90 Å². The van der Waals surface area contributed by atoms with Gasteiger partial charge in [0.2, 0.25) is 0 Å². The molecule has 1 rings (SSSR count). The summed E-state index contributed by atoms with van der Waals surface area (Å²) in [5, 5.41) is 12.5. The van der Waals surface area contributed by atoms with Crippen molar-refractivity contribution >= 4 is 5.97 Å². The lowest BCUT2D eigenvalue weighted by Crippen LogP contribution is -2.49. The van der Waals surface area contributed by atoms with E-state index in [-0.39, 0.29) is 0 Å². The Balaban J connectivity index is 2.17. The third-order valence-electron chi connectivity index (χ3n) is 4.50. The summed E-state index contributed by atoms with van der Waals surface area (Å²) < 4.78 is 0. The Morgan fingerprint density at radius 3 is 2.60 bits per heavy atom. The molecule has 4 nitrogen and oxygen atoms in total. The minimum atomic E-state index is -0.761. The van der Waals surface area contributed by atoms with Crippen molar-refractivity contribution in [3.8, 4) is 0 Å². The highest BCUT2D eigenvalue weighted by Gasteiger charge is 2.31. The molecule has 0 saturated heterocycles. The molecule has 0 aromatic heterocycles. The Morgan fingerprint density at radius 1 is 1.40 bits per heavy atom. The lowest BCUT2D eigenvalue weighted by Gasteiger charge is -2.30. The Bertz CT molecular complexity index is 292. The number of hydrogen-bond donors (Lipinski definition) is 2. The molecule has 118 valence electrons. The van der Waals surface area contributed by atoms with E-state index in [1.807, 2.05) is 6.92 Å². The molecule has 2 N–H and O–H groups in total. The summed E-state index contributed by atoms with van der Waals surface area (Å²) in [6.45, 7) is 6.93. The van der Waals surface area contributed by atoms with E-state index < -0.39 is 11.5 Å². The van der Waals surface area contributed by atoms with Crippen LogP contribution in [0.5, 0.6) is 0 Å². The van der Waals surface area contributed by atoms with Crippen LogP contribution in [-0.2, 0) is 4.79 Å². The minimum absolute atomic E-state index is 0.708. The molecule has 1 fully saturated rings. The maximum Gasteiger partial charge on any atom is 0.323 e. The summed E-state index contributed by atoms with van der Waals surface area (Å²) in [7, 11) is 2.18. The number of carboxylic acid groups (broad SMARTS) is 1. The molecule has 20 heavy (non-hydrogen) atoms. The molecule has 1 aliphatic carbocycles. The zero-order valence-electron chi connectivity index (χ0n) is 13.5. The van der Waals surface area contributed by atoms with Gasteiger partial charge in [-0.1, -0.05) is 13.3 Å². The Labute approximate surface area is 123 Å². The van der Waals surface area contributed by atoms with E-state index in [1.54, 1.807) is 0 Å². The van der Waals surface area contributed by atoms with Crippen molar-refractivity contribution in [2.45, 2.75) is 64.3 Å². The number of nitrogens with one attached hydrogen (secondary N) is 1. The summed E-state index contributed by atoms with van der Waals surface area (Å²) in [6, 6.07) is 0. The largest absolute Gasteiger partial charge is 0.480 e. The van der Waals surface area contributed by atoms with Crippen LogP contribution in [0, 0.1) is 5.92 Å². The van der Waals surface area contributed by atoms with E-state index in [0.29, 0.717) is 6.42 Å². The number of nitrogens with zero attached hydrogens (tertiary/aromatic N) is 1. The van der Waals surface area contributed by atoms with Crippen LogP contribution in [-0.4, -0.2) is 48.2 Å². The Hall–Kier alpha value is -0.610. The first-order valence-electron chi connectivity index (χ1n) is 8.15. The maximum atomic E-state index is 11.4. The average molecular weight is 284 g/mol. The molecule has 1 unspecified atom stereocenters. The van der Waals surface area contributed by atoms with Crippen LogP contribution in [0.1, 0.15) is 58.8 Å². The van der Waals surface area contributed by atoms with E-state index >= 15 is 0 Å². The molecule has 0 amide bonds. The summed E-state index contributed by atoms with van der Waals surface area (Å²) in [4.78, 5) is 13.8. The van der Waals surface area contributed by atoms with Gasteiger partial charge >= 0.3 is 5.97 Å². The molecule has 0 aromatic carbocycles. The Kier molecular flexibility index (Phi) is 7.52. The smallest absolute Gasteiger partial charge is 0.323 e. The average Bonchev–Trinajstić information content (AvgIpc) is 2.36. The number of unbranched alkanes of at least 4 members (excludes halogenated alkanes) is 1. The van der Waals surface area contributed by atoms with Crippen LogP contribution in [0.25, 0.3) is 0 Å². The SMILES string of the molecule is CCCNC(C)(CCCCN(C)CC1CCC1)C(=O)O.